The van der Waals surface area contributed by atoms with Gasteiger partial charge in [-0.1, -0.05) is 0 Å². The van der Waals surface area contributed by atoms with Gasteiger partial charge in [-0.05, 0) is 50.9 Å². The van der Waals surface area contributed by atoms with Crippen LogP contribution in [-0.4, -0.2) is 33.4 Å². The number of carbonyl (C=O) groups excluding carboxylic acids is 1. The van der Waals surface area contributed by atoms with E-state index >= 15 is 0 Å². The van der Waals surface area contributed by atoms with Gasteiger partial charge in [-0.25, -0.2) is 4.68 Å². The summed E-state index contributed by atoms with van der Waals surface area (Å²) >= 11 is 6.49. The number of hydrogen-bond acceptors (Lipinski definition) is 4. The number of phenolic OH excluding ortho intramolecular Hbond substituents is 1. The fourth-order valence-corrected chi connectivity index (χ4v) is 3.61. The summed E-state index contributed by atoms with van der Waals surface area (Å²) in [4.78, 5) is 14.5. The van der Waals surface area contributed by atoms with Gasteiger partial charge in [0.2, 0.25) is 0 Å². The molecule has 0 spiro atoms. The van der Waals surface area contributed by atoms with Crippen LogP contribution < -0.4 is 9.64 Å². The molecule has 1 aliphatic heterocycles. The summed E-state index contributed by atoms with van der Waals surface area (Å²) in [5.41, 5.74) is 0.456. The van der Waals surface area contributed by atoms with E-state index in [4.69, 9.17) is 4.74 Å². The van der Waals surface area contributed by atoms with E-state index in [1.54, 1.807) is 35.0 Å². The lowest BCUT2D eigenvalue weighted by atomic mass is 10.1. The molecular weight excluding hydrogens is 418 g/mol. The van der Waals surface area contributed by atoms with E-state index in [1.165, 1.54) is 0 Å². The number of nitrogens with zero attached hydrogens (tertiary/aromatic N) is 3. The van der Waals surface area contributed by atoms with E-state index in [0.717, 1.165) is 0 Å². The van der Waals surface area contributed by atoms with Crippen LogP contribution in [-0.2, 0) is 7.05 Å². The molecule has 1 atom stereocenters. The van der Waals surface area contributed by atoms with Crippen LogP contribution in [0.25, 0.3) is 0 Å². The third kappa shape index (κ3) is 2.50. The largest absolute Gasteiger partial charge is 0.506 e. The van der Waals surface area contributed by atoms with Crippen molar-refractivity contribution in [3.8, 4) is 11.5 Å². The number of rotatable bonds is 1. The summed E-state index contributed by atoms with van der Waals surface area (Å²) in [6.45, 7) is 2.33. The molecule has 116 valence electrons. The molecule has 0 saturated heterocycles. The fourth-order valence-electron chi connectivity index (χ4n) is 2.42. The van der Waals surface area contributed by atoms with Crippen LogP contribution in [0.5, 0.6) is 11.5 Å². The van der Waals surface area contributed by atoms with Gasteiger partial charge < -0.3 is 9.84 Å². The van der Waals surface area contributed by atoms with Crippen molar-refractivity contribution in [2.45, 2.75) is 13.0 Å². The maximum Gasteiger partial charge on any atom is 0.259 e. The normalized spacial score (nSPS) is 17.1. The molecule has 0 bridgehead atoms. The first-order valence-corrected chi connectivity index (χ1v) is 8.15. The molecule has 2 aromatic rings. The average molecular weight is 431 g/mol. The van der Waals surface area contributed by atoms with E-state index in [2.05, 4.69) is 37.0 Å². The summed E-state index contributed by atoms with van der Waals surface area (Å²) in [7, 11) is 1.76. The Morgan fingerprint density at radius 1 is 1.41 bits per heavy atom. The number of ether oxygens (including phenoxy) is 1. The number of aromatic nitrogens is 2. The second-order valence-electron chi connectivity index (χ2n) is 5.09. The van der Waals surface area contributed by atoms with Gasteiger partial charge in [-0.15, -0.1) is 0 Å². The molecule has 8 heteroatoms. The number of hydrogen-bond donors (Lipinski definition) is 1. The molecule has 6 nitrogen and oxygen atoms in total. The Bertz CT molecular complexity index is 737. The number of aryl methyl sites for hydroxylation is 1. The monoisotopic (exact) mass is 429 g/mol. The molecule has 1 unspecified atom stereocenters. The van der Waals surface area contributed by atoms with Crippen molar-refractivity contribution in [1.82, 2.24) is 9.78 Å². The Morgan fingerprint density at radius 3 is 2.68 bits per heavy atom. The van der Waals surface area contributed by atoms with E-state index in [0.29, 0.717) is 32.6 Å². The predicted octanol–water partition coefficient (Wildman–Crippen LogP) is 3.08. The molecule has 0 fully saturated rings. The van der Waals surface area contributed by atoms with Crippen LogP contribution in [0.3, 0.4) is 0 Å². The average Bonchev–Trinajstić information content (AvgIpc) is 2.84. The molecule has 1 N–H and O–H groups in total. The Labute approximate surface area is 143 Å². The number of fused-ring (bicyclic) bond motifs is 1. The molecular formula is C14H13Br2N3O3. The standard InChI is InChI=1S/C14H13Br2N3O3/c1-7-6-19(13-11(22-7)5-17-18(13)2)14(21)8-3-9(15)12(20)10(16)4-8/h3-5,7,20H,6H2,1-2H3. The number of halogens is 2. The van der Waals surface area contributed by atoms with Crippen LogP contribution in [0.1, 0.15) is 17.3 Å². The number of benzene rings is 1. The number of carbonyl (C=O) groups is 1. The quantitative estimate of drug-likeness (QED) is 0.754. The molecule has 1 amide bonds. The van der Waals surface area contributed by atoms with Gasteiger partial charge in [-0.3, -0.25) is 9.69 Å². The van der Waals surface area contributed by atoms with Gasteiger partial charge in [0, 0.05) is 12.6 Å². The second kappa shape index (κ2) is 5.58. The first kappa shape index (κ1) is 15.4. The van der Waals surface area contributed by atoms with Gasteiger partial charge in [-0.2, -0.15) is 5.10 Å². The molecule has 2 heterocycles. The maximum absolute atomic E-state index is 12.9. The van der Waals surface area contributed by atoms with Crippen LogP contribution >= 0.6 is 31.9 Å². The number of aromatic hydroxyl groups is 1. The topological polar surface area (TPSA) is 67.6 Å². The minimum Gasteiger partial charge on any atom is -0.506 e. The van der Waals surface area contributed by atoms with Crippen molar-refractivity contribution in [2.24, 2.45) is 7.05 Å². The number of anilines is 1. The lowest BCUT2D eigenvalue weighted by Crippen LogP contribution is -2.43. The highest BCUT2D eigenvalue weighted by Gasteiger charge is 2.32. The first-order valence-electron chi connectivity index (χ1n) is 6.57. The second-order valence-corrected chi connectivity index (χ2v) is 6.80. The summed E-state index contributed by atoms with van der Waals surface area (Å²) < 4.78 is 8.23. The van der Waals surface area contributed by atoms with Crippen molar-refractivity contribution >= 4 is 43.6 Å². The Balaban J connectivity index is 2.04. The number of phenols is 1. The first-order chi connectivity index (χ1) is 10.4. The molecule has 0 saturated carbocycles. The summed E-state index contributed by atoms with van der Waals surface area (Å²) in [6.07, 6.45) is 1.48. The zero-order chi connectivity index (χ0) is 16.0. The van der Waals surface area contributed by atoms with Crippen LogP contribution in [0.4, 0.5) is 5.82 Å². The lowest BCUT2D eigenvalue weighted by Gasteiger charge is -2.31. The predicted molar refractivity (Wildman–Crippen MR) is 88.5 cm³/mol. The van der Waals surface area contributed by atoms with Crippen molar-refractivity contribution in [3.05, 3.63) is 32.8 Å². The fraction of sp³-hybridized carbons (Fsp3) is 0.286. The third-order valence-corrected chi connectivity index (χ3v) is 4.62. The van der Waals surface area contributed by atoms with E-state index in [1.807, 2.05) is 6.92 Å². The third-order valence-electron chi connectivity index (χ3n) is 3.41. The summed E-state index contributed by atoms with van der Waals surface area (Å²) in [5, 5.41) is 13.9. The van der Waals surface area contributed by atoms with Crippen molar-refractivity contribution in [3.63, 3.8) is 0 Å². The molecule has 1 aromatic carbocycles. The molecule has 0 aliphatic carbocycles. The Morgan fingerprint density at radius 2 is 2.05 bits per heavy atom. The number of amides is 1. The Hall–Kier alpha value is -1.54. The minimum atomic E-state index is -0.179. The van der Waals surface area contributed by atoms with Crippen LogP contribution in [0.2, 0.25) is 0 Å². The van der Waals surface area contributed by atoms with Crippen LogP contribution in [0, 0.1) is 0 Å². The van der Waals surface area contributed by atoms with Gasteiger partial charge in [0.25, 0.3) is 5.91 Å². The highest BCUT2D eigenvalue weighted by molar-refractivity contribution is 9.11. The highest BCUT2D eigenvalue weighted by Crippen LogP contribution is 2.36. The van der Waals surface area contributed by atoms with Crippen molar-refractivity contribution in [2.75, 3.05) is 11.4 Å². The van der Waals surface area contributed by atoms with Crippen molar-refractivity contribution < 1.29 is 14.6 Å². The molecule has 22 heavy (non-hydrogen) atoms. The van der Waals surface area contributed by atoms with Gasteiger partial charge >= 0.3 is 0 Å². The molecule has 1 aliphatic rings. The molecule has 3 rings (SSSR count). The van der Waals surface area contributed by atoms with Crippen LogP contribution in [0.15, 0.2) is 27.3 Å². The van der Waals surface area contributed by atoms with E-state index in [9.17, 15) is 9.90 Å². The lowest BCUT2D eigenvalue weighted by molar-refractivity contribution is 0.0958. The van der Waals surface area contributed by atoms with Gasteiger partial charge in [0.15, 0.2) is 11.6 Å². The zero-order valence-corrected chi connectivity index (χ0v) is 15.0. The SMILES string of the molecule is CC1CN(C(=O)c2cc(Br)c(O)c(Br)c2)c2c(cnn2C)O1. The van der Waals surface area contributed by atoms with Gasteiger partial charge in [0.05, 0.1) is 21.7 Å². The van der Waals surface area contributed by atoms with Crippen molar-refractivity contribution in [1.29, 1.82) is 0 Å². The van der Waals surface area contributed by atoms with Gasteiger partial charge in [0.1, 0.15) is 11.9 Å². The zero-order valence-electron chi connectivity index (χ0n) is 11.9. The molecule has 1 aromatic heterocycles. The maximum atomic E-state index is 12.9. The summed E-state index contributed by atoms with van der Waals surface area (Å²) in [6, 6.07) is 3.19. The Kier molecular flexibility index (Phi) is 3.90. The van der Waals surface area contributed by atoms with E-state index in [-0.39, 0.29) is 17.8 Å². The molecule has 0 radical (unpaired) electrons. The van der Waals surface area contributed by atoms with E-state index < -0.39 is 0 Å². The summed E-state index contributed by atoms with van der Waals surface area (Å²) in [5.74, 6) is 1.10. The smallest absolute Gasteiger partial charge is 0.259 e. The minimum absolute atomic E-state index is 0.0631. The highest BCUT2D eigenvalue weighted by atomic mass is 79.9.